The zero-order valence-electron chi connectivity index (χ0n) is 18.2. The number of nitrogens with zero attached hydrogens (tertiary/aromatic N) is 3. The maximum absolute atomic E-state index is 12.7. The second-order valence-electron chi connectivity index (χ2n) is 7.81. The summed E-state index contributed by atoms with van der Waals surface area (Å²) in [4.78, 5) is 12.7. The molecule has 174 valence electrons. The first-order chi connectivity index (χ1) is 16.3. The summed E-state index contributed by atoms with van der Waals surface area (Å²) in [5.74, 6) is -0.223. The topological polar surface area (TPSA) is 114 Å². The van der Waals surface area contributed by atoms with E-state index in [0.29, 0.717) is 34.0 Å². The van der Waals surface area contributed by atoms with Gasteiger partial charge in [0, 0.05) is 23.4 Å². The second kappa shape index (κ2) is 9.71. The highest BCUT2D eigenvalue weighted by molar-refractivity contribution is 7.91. The number of rotatable bonds is 6. The van der Waals surface area contributed by atoms with Crippen LogP contribution in [-0.4, -0.2) is 48.8 Å². The normalized spacial score (nSPS) is 17.2. The first-order valence-electron chi connectivity index (χ1n) is 10.4. The number of hydrogen-bond donors (Lipinski definition) is 1. The number of methoxy groups -OCH3 is 1. The molecule has 1 N–H and O–H groups in total. The van der Waals surface area contributed by atoms with E-state index >= 15 is 0 Å². The van der Waals surface area contributed by atoms with E-state index in [1.165, 1.54) is 13.2 Å². The number of nitriles is 1. The van der Waals surface area contributed by atoms with Crippen molar-refractivity contribution in [1.29, 1.82) is 5.26 Å². The summed E-state index contributed by atoms with van der Waals surface area (Å²) >= 11 is 6.32. The lowest BCUT2D eigenvalue weighted by molar-refractivity contribution is -0.117. The van der Waals surface area contributed by atoms with Crippen molar-refractivity contribution in [3.63, 3.8) is 0 Å². The van der Waals surface area contributed by atoms with Crippen molar-refractivity contribution in [3.05, 3.63) is 70.9 Å². The molecule has 1 aromatic heterocycles. The van der Waals surface area contributed by atoms with E-state index in [0.717, 1.165) is 5.69 Å². The summed E-state index contributed by atoms with van der Waals surface area (Å²) in [6.07, 6.45) is 3.49. The third kappa shape index (κ3) is 5.14. The number of carbonyl (C=O) groups excluding carboxylic acids is 1. The van der Waals surface area contributed by atoms with E-state index in [1.54, 1.807) is 29.1 Å². The number of halogens is 1. The Morgan fingerprint density at radius 1 is 1.29 bits per heavy atom. The first-order valence-corrected chi connectivity index (χ1v) is 12.6. The minimum absolute atomic E-state index is 0.0236. The highest BCUT2D eigenvalue weighted by atomic mass is 35.5. The fraction of sp³-hybridized carbons (Fsp3) is 0.208. The molecule has 4 rings (SSSR count). The molecule has 8 nitrogen and oxygen atoms in total. The molecule has 0 aliphatic carbocycles. The van der Waals surface area contributed by atoms with E-state index in [1.807, 2.05) is 36.4 Å². The summed E-state index contributed by atoms with van der Waals surface area (Å²) in [6.45, 7) is 0. The highest BCUT2D eigenvalue weighted by Crippen LogP contribution is 2.32. The van der Waals surface area contributed by atoms with Crippen LogP contribution in [0.15, 0.2) is 60.3 Å². The zero-order chi connectivity index (χ0) is 24.3. The Balaban J connectivity index is 1.73. The van der Waals surface area contributed by atoms with E-state index in [2.05, 4.69) is 10.4 Å². The highest BCUT2D eigenvalue weighted by Gasteiger charge is 2.29. The van der Waals surface area contributed by atoms with Gasteiger partial charge in [0.05, 0.1) is 29.3 Å². The summed E-state index contributed by atoms with van der Waals surface area (Å²) in [5.41, 5.74) is 2.35. The van der Waals surface area contributed by atoms with Crippen LogP contribution in [-0.2, 0) is 14.6 Å². The number of benzene rings is 2. The number of hydrogen-bond acceptors (Lipinski definition) is 6. The molecule has 34 heavy (non-hydrogen) atoms. The Morgan fingerprint density at radius 3 is 2.68 bits per heavy atom. The third-order valence-electron chi connectivity index (χ3n) is 5.42. The van der Waals surface area contributed by atoms with E-state index in [9.17, 15) is 18.5 Å². The predicted octanol–water partition coefficient (Wildman–Crippen LogP) is 3.41. The fourth-order valence-corrected chi connectivity index (χ4v) is 5.65. The number of para-hydroxylation sites is 1. The van der Waals surface area contributed by atoms with Crippen LogP contribution >= 0.6 is 11.6 Å². The van der Waals surface area contributed by atoms with E-state index in [-0.39, 0.29) is 17.1 Å². The lowest BCUT2D eigenvalue weighted by Gasteiger charge is -2.10. The van der Waals surface area contributed by atoms with Crippen molar-refractivity contribution in [2.75, 3.05) is 18.6 Å². The minimum atomic E-state index is -3.17. The molecule has 3 aromatic rings. The van der Waals surface area contributed by atoms with Gasteiger partial charge in [-0.1, -0.05) is 29.8 Å². The number of amides is 1. The van der Waals surface area contributed by atoms with Gasteiger partial charge in [-0.05, 0) is 42.8 Å². The lowest BCUT2D eigenvalue weighted by Crippen LogP contribution is -2.36. The first kappa shape index (κ1) is 23.5. The van der Waals surface area contributed by atoms with Crippen LogP contribution in [0.5, 0.6) is 5.75 Å². The van der Waals surface area contributed by atoms with Gasteiger partial charge in [-0.3, -0.25) is 4.79 Å². The Labute approximate surface area is 202 Å². The van der Waals surface area contributed by atoms with Crippen LogP contribution in [0.1, 0.15) is 12.0 Å². The van der Waals surface area contributed by atoms with Gasteiger partial charge in [-0.2, -0.15) is 10.4 Å². The summed E-state index contributed by atoms with van der Waals surface area (Å²) in [6, 6.07) is 16.0. The largest absolute Gasteiger partial charge is 0.495 e. The zero-order valence-corrected chi connectivity index (χ0v) is 19.8. The van der Waals surface area contributed by atoms with Gasteiger partial charge < -0.3 is 10.1 Å². The molecular weight excluding hydrogens is 476 g/mol. The molecule has 2 heterocycles. The van der Waals surface area contributed by atoms with Crippen molar-refractivity contribution in [1.82, 2.24) is 15.1 Å². The summed E-state index contributed by atoms with van der Waals surface area (Å²) in [7, 11) is -1.65. The van der Waals surface area contributed by atoms with Gasteiger partial charge in [-0.25, -0.2) is 13.1 Å². The van der Waals surface area contributed by atoms with Crippen molar-refractivity contribution in [2.24, 2.45) is 0 Å². The molecule has 1 amide bonds. The molecule has 0 saturated carbocycles. The Morgan fingerprint density at radius 2 is 2.06 bits per heavy atom. The number of nitrogens with one attached hydrogen (secondary N) is 1. The molecule has 0 unspecified atom stereocenters. The molecule has 1 saturated heterocycles. The SMILES string of the molecule is COc1ccc(-c2nn(-c3ccccc3)cc2/C=C(\C#N)C(=O)N[C@H]2CCS(=O)(=O)C2)cc1Cl. The van der Waals surface area contributed by atoms with Crippen molar-refractivity contribution in [3.8, 4) is 28.8 Å². The third-order valence-corrected chi connectivity index (χ3v) is 7.48. The number of ether oxygens (including phenoxy) is 1. The van der Waals surface area contributed by atoms with Crippen LogP contribution in [0.25, 0.3) is 23.0 Å². The summed E-state index contributed by atoms with van der Waals surface area (Å²) < 4.78 is 30.3. The minimum Gasteiger partial charge on any atom is -0.495 e. The van der Waals surface area contributed by atoms with Gasteiger partial charge in [0.15, 0.2) is 9.84 Å². The smallest absolute Gasteiger partial charge is 0.262 e. The number of aromatic nitrogens is 2. The van der Waals surface area contributed by atoms with Crippen molar-refractivity contribution in [2.45, 2.75) is 12.5 Å². The van der Waals surface area contributed by atoms with Crippen LogP contribution < -0.4 is 10.1 Å². The molecule has 1 aliphatic rings. The van der Waals surface area contributed by atoms with Crippen molar-refractivity contribution >= 4 is 33.4 Å². The molecule has 0 spiro atoms. The van der Waals surface area contributed by atoms with E-state index < -0.39 is 21.8 Å². The predicted molar refractivity (Wildman–Crippen MR) is 129 cm³/mol. The van der Waals surface area contributed by atoms with Crippen LogP contribution in [0, 0.1) is 11.3 Å². The quantitative estimate of drug-likeness (QED) is 0.413. The van der Waals surface area contributed by atoms with Crippen LogP contribution in [0.2, 0.25) is 5.02 Å². The molecule has 1 aliphatic heterocycles. The van der Waals surface area contributed by atoms with Gasteiger partial charge in [0.25, 0.3) is 5.91 Å². The standard InChI is InChI=1S/C24H21ClN4O4S/c1-33-22-8-7-16(12-21(22)25)23-18(14-29(28-23)20-5-3-2-4-6-20)11-17(13-26)24(30)27-19-9-10-34(31,32)15-19/h2-8,11-12,14,19H,9-10,15H2,1H3,(H,27,30)/b17-11+/t19-/m0/s1. The monoisotopic (exact) mass is 496 g/mol. The Hall–Kier alpha value is -3.61. The molecule has 2 aromatic carbocycles. The molecule has 0 radical (unpaired) electrons. The van der Waals surface area contributed by atoms with Crippen molar-refractivity contribution < 1.29 is 17.9 Å². The number of sulfone groups is 1. The molecular formula is C24H21ClN4O4S. The average Bonchev–Trinajstić information content (AvgIpc) is 3.40. The lowest BCUT2D eigenvalue weighted by atomic mass is 10.1. The Bertz CT molecular complexity index is 1410. The molecule has 10 heteroatoms. The van der Waals surface area contributed by atoms with Gasteiger partial charge in [0.2, 0.25) is 0 Å². The number of carbonyl (C=O) groups is 1. The van der Waals surface area contributed by atoms with Gasteiger partial charge in [-0.15, -0.1) is 0 Å². The average molecular weight is 497 g/mol. The Kier molecular flexibility index (Phi) is 6.72. The van der Waals surface area contributed by atoms with Gasteiger partial charge in [0.1, 0.15) is 23.1 Å². The maximum atomic E-state index is 12.7. The van der Waals surface area contributed by atoms with Crippen LogP contribution in [0.4, 0.5) is 0 Å². The molecule has 0 bridgehead atoms. The van der Waals surface area contributed by atoms with Gasteiger partial charge >= 0.3 is 0 Å². The molecule has 1 atom stereocenters. The fourth-order valence-electron chi connectivity index (χ4n) is 3.72. The maximum Gasteiger partial charge on any atom is 0.262 e. The van der Waals surface area contributed by atoms with E-state index in [4.69, 9.17) is 16.3 Å². The second-order valence-corrected chi connectivity index (χ2v) is 10.4. The summed E-state index contributed by atoms with van der Waals surface area (Å²) in [5, 5.41) is 17.4. The molecule has 1 fully saturated rings. The van der Waals surface area contributed by atoms with Crippen LogP contribution in [0.3, 0.4) is 0 Å².